The van der Waals surface area contributed by atoms with E-state index in [9.17, 15) is 0 Å². The molecule has 0 atom stereocenters. The number of hydrogen-bond donors (Lipinski definition) is 1. The van der Waals surface area contributed by atoms with Crippen LogP contribution in [0.4, 0.5) is 11.4 Å². The minimum Gasteiger partial charge on any atom is -0.495 e. The van der Waals surface area contributed by atoms with Gasteiger partial charge in [-0.15, -0.1) is 0 Å². The summed E-state index contributed by atoms with van der Waals surface area (Å²) in [5, 5.41) is 4.44. The third kappa shape index (κ3) is 2.36. The minimum absolute atomic E-state index is 0.815. The van der Waals surface area contributed by atoms with Gasteiger partial charge in [0, 0.05) is 5.39 Å². The van der Waals surface area contributed by atoms with Crippen molar-refractivity contribution in [1.29, 1.82) is 0 Å². The van der Waals surface area contributed by atoms with Crippen molar-refractivity contribution in [3.05, 3.63) is 60.8 Å². The Morgan fingerprint density at radius 3 is 2.68 bits per heavy atom. The summed E-state index contributed by atoms with van der Waals surface area (Å²) >= 11 is 0. The van der Waals surface area contributed by atoms with E-state index < -0.39 is 0 Å². The van der Waals surface area contributed by atoms with E-state index in [0.717, 1.165) is 28.0 Å². The summed E-state index contributed by atoms with van der Waals surface area (Å²) in [6.07, 6.45) is 1.83. The molecule has 94 valence electrons. The predicted octanol–water partition coefficient (Wildman–Crippen LogP) is 3.99. The maximum Gasteiger partial charge on any atom is 0.142 e. The Kier molecular flexibility index (Phi) is 3.02. The Labute approximate surface area is 111 Å². The summed E-state index contributed by atoms with van der Waals surface area (Å²) in [4.78, 5) is 4.43. The molecule has 3 nitrogen and oxygen atoms in total. The van der Waals surface area contributed by atoms with E-state index >= 15 is 0 Å². The quantitative estimate of drug-likeness (QED) is 0.763. The fourth-order valence-corrected chi connectivity index (χ4v) is 2.04. The van der Waals surface area contributed by atoms with Gasteiger partial charge in [-0.2, -0.15) is 0 Å². The normalized spacial score (nSPS) is 10.4. The largest absolute Gasteiger partial charge is 0.495 e. The van der Waals surface area contributed by atoms with Crippen LogP contribution in [0.3, 0.4) is 0 Å². The van der Waals surface area contributed by atoms with Gasteiger partial charge in [-0.3, -0.25) is 4.98 Å². The van der Waals surface area contributed by atoms with Gasteiger partial charge in [-0.05, 0) is 24.3 Å². The molecule has 3 aromatic rings. The monoisotopic (exact) mass is 250 g/mol. The molecule has 1 N–H and O–H groups in total. The molecule has 1 aromatic heterocycles. The highest BCUT2D eigenvalue weighted by Crippen LogP contribution is 2.27. The highest BCUT2D eigenvalue weighted by molar-refractivity contribution is 5.82. The SMILES string of the molecule is COc1ccccc1Nc1cnc2ccccc2c1. The zero-order valence-electron chi connectivity index (χ0n) is 10.6. The number of pyridine rings is 1. The number of anilines is 2. The van der Waals surface area contributed by atoms with Gasteiger partial charge in [0.1, 0.15) is 5.75 Å². The molecule has 19 heavy (non-hydrogen) atoms. The highest BCUT2D eigenvalue weighted by Gasteiger charge is 2.02. The maximum atomic E-state index is 5.32. The number of methoxy groups -OCH3 is 1. The smallest absolute Gasteiger partial charge is 0.142 e. The number of fused-ring (bicyclic) bond motifs is 1. The first-order valence-corrected chi connectivity index (χ1v) is 6.11. The van der Waals surface area contributed by atoms with E-state index in [1.165, 1.54) is 0 Å². The lowest BCUT2D eigenvalue weighted by molar-refractivity contribution is 0.417. The number of ether oxygens (including phenoxy) is 1. The van der Waals surface area contributed by atoms with Crippen LogP contribution in [-0.4, -0.2) is 12.1 Å². The first kappa shape index (κ1) is 11.5. The number of benzene rings is 2. The average molecular weight is 250 g/mol. The third-order valence-electron chi connectivity index (χ3n) is 2.98. The predicted molar refractivity (Wildman–Crippen MR) is 78.0 cm³/mol. The molecule has 0 aliphatic heterocycles. The number of nitrogens with zero attached hydrogens (tertiary/aromatic N) is 1. The van der Waals surface area contributed by atoms with Crippen LogP contribution < -0.4 is 10.1 Å². The topological polar surface area (TPSA) is 34.1 Å². The van der Waals surface area contributed by atoms with Crippen molar-refractivity contribution >= 4 is 22.3 Å². The second kappa shape index (κ2) is 4.98. The van der Waals surface area contributed by atoms with Crippen molar-refractivity contribution in [1.82, 2.24) is 4.98 Å². The zero-order valence-corrected chi connectivity index (χ0v) is 10.6. The molecule has 0 aliphatic carbocycles. The molecule has 0 spiro atoms. The lowest BCUT2D eigenvalue weighted by Crippen LogP contribution is -1.95. The molecule has 0 radical (unpaired) electrons. The lowest BCUT2D eigenvalue weighted by Gasteiger charge is -2.11. The Morgan fingerprint density at radius 1 is 1.00 bits per heavy atom. The molecule has 1 heterocycles. The van der Waals surface area contributed by atoms with Crippen LogP contribution in [0.2, 0.25) is 0 Å². The molecule has 0 saturated heterocycles. The average Bonchev–Trinajstić information content (AvgIpc) is 2.48. The van der Waals surface area contributed by atoms with Gasteiger partial charge in [0.2, 0.25) is 0 Å². The summed E-state index contributed by atoms with van der Waals surface area (Å²) in [6.45, 7) is 0. The van der Waals surface area contributed by atoms with Crippen molar-refractivity contribution in [3.8, 4) is 5.75 Å². The number of nitrogens with one attached hydrogen (secondary N) is 1. The Balaban J connectivity index is 1.96. The van der Waals surface area contributed by atoms with E-state index in [1.807, 2.05) is 48.7 Å². The Morgan fingerprint density at radius 2 is 1.79 bits per heavy atom. The van der Waals surface area contributed by atoms with E-state index in [0.29, 0.717) is 0 Å². The molecular weight excluding hydrogens is 236 g/mol. The van der Waals surface area contributed by atoms with E-state index in [-0.39, 0.29) is 0 Å². The third-order valence-corrected chi connectivity index (χ3v) is 2.98. The van der Waals surface area contributed by atoms with E-state index in [4.69, 9.17) is 4.74 Å². The second-order valence-corrected chi connectivity index (χ2v) is 4.24. The number of para-hydroxylation sites is 3. The standard InChI is InChI=1S/C16H14N2O/c1-19-16-9-5-4-8-15(16)18-13-10-12-6-2-3-7-14(12)17-11-13/h2-11,18H,1H3. The molecule has 3 rings (SSSR count). The summed E-state index contributed by atoms with van der Waals surface area (Å²) in [7, 11) is 1.67. The molecule has 0 fully saturated rings. The Hall–Kier alpha value is -2.55. The van der Waals surface area contributed by atoms with Crippen LogP contribution in [0.15, 0.2) is 60.8 Å². The molecule has 3 heteroatoms. The van der Waals surface area contributed by atoms with Crippen molar-refractivity contribution in [2.24, 2.45) is 0 Å². The molecule has 0 aliphatic rings. The summed E-state index contributed by atoms with van der Waals surface area (Å²) < 4.78 is 5.32. The van der Waals surface area contributed by atoms with Crippen LogP contribution in [0.25, 0.3) is 10.9 Å². The molecule has 0 unspecified atom stereocenters. The summed E-state index contributed by atoms with van der Waals surface area (Å²) in [5.41, 5.74) is 2.87. The first-order chi connectivity index (χ1) is 9.36. The zero-order chi connectivity index (χ0) is 13.1. The highest BCUT2D eigenvalue weighted by atomic mass is 16.5. The van der Waals surface area contributed by atoms with Gasteiger partial charge in [0.15, 0.2) is 0 Å². The van der Waals surface area contributed by atoms with E-state index in [1.54, 1.807) is 7.11 Å². The molecule has 0 saturated carbocycles. The van der Waals surface area contributed by atoms with Crippen LogP contribution in [0.1, 0.15) is 0 Å². The minimum atomic E-state index is 0.815. The van der Waals surface area contributed by atoms with Crippen molar-refractivity contribution in [3.63, 3.8) is 0 Å². The molecular formula is C16H14N2O. The van der Waals surface area contributed by atoms with Crippen molar-refractivity contribution in [2.75, 3.05) is 12.4 Å². The number of aromatic nitrogens is 1. The van der Waals surface area contributed by atoms with Crippen molar-refractivity contribution < 1.29 is 4.74 Å². The van der Waals surface area contributed by atoms with Crippen LogP contribution >= 0.6 is 0 Å². The lowest BCUT2D eigenvalue weighted by atomic mass is 10.2. The first-order valence-electron chi connectivity index (χ1n) is 6.11. The van der Waals surface area contributed by atoms with Crippen LogP contribution in [0, 0.1) is 0 Å². The van der Waals surface area contributed by atoms with Gasteiger partial charge in [-0.25, -0.2) is 0 Å². The van der Waals surface area contributed by atoms with E-state index in [2.05, 4.69) is 22.4 Å². The molecule has 0 amide bonds. The van der Waals surface area contributed by atoms with Gasteiger partial charge in [0.25, 0.3) is 0 Å². The number of rotatable bonds is 3. The van der Waals surface area contributed by atoms with Crippen LogP contribution in [-0.2, 0) is 0 Å². The van der Waals surface area contributed by atoms with Gasteiger partial charge >= 0.3 is 0 Å². The van der Waals surface area contributed by atoms with Gasteiger partial charge in [-0.1, -0.05) is 30.3 Å². The van der Waals surface area contributed by atoms with Gasteiger partial charge in [0.05, 0.1) is 30.2 Å². The Bertz CT molecular complexity index is 710. The number of hydrogen-bond acceptors (Lipinski definition) is 3. The summed E-state index contributed by atoms with van der Waals surface area (Å²) in [6, 6.07) is 18.0. The maximum absolute atomic E-state index is 5.32. The van der Waals surface area contributed by atoms with Gasteiger partial charge < -0.3 is 10.1 Å². The summed E-state index contributed by atoms with van der Waals surface area (Å²) in [5.74, 6) is 0.815. The fraction of sp³-hybridized carbons (Fsp3) is 0.0625. The molecule has 2 aromatic carbocycles. The fourth-order valence-electron chi connectivity index (χ4n) is 2.04. The van der Waals surface area contributed by atoms with Crippen molar-refractivity contribution in [2.45, 2.75) is 0 Å². The second-order valence-electron chi connectivity index (χ2n) is 4.24. The molecule has 0 bridgehead atoms. The van der Waals surface area contributed by atoms with Crippen LogP contribution in [0.5, 0.6) is 5.75 Å².